The summed E-state index contributed by atoms with van der Waals surface area (Å²) in [5, 5.41) is 9.64. The number of thiophene rings is 1. The van der Waals surface area contributed by atoms with E-state index in [1.807, 2.05) is 38.1 Å². The molecule has 6 nitrogen and oxygen atoms in total. The minimum absolute atomic E-state index is 0.0287. The lowest BCUT2D eigenvalue weighted by Crippen LogP contribution is -2.22. The highest BCUT2D eigenvalue weighted by Crippen LogP contribution is 2.35. The summed E-state index contributed by atoms with van der Waals surface area (Å²) in [5.41, 5.74) is 3.16. The van der Waals surface area contributed by atoms with Gasteiger partial charge in [-0.2, -0.15) is 0 Å². The van der Waals surface area contributed by atoms with Crippen molar-refractivity contribution in [3.05, 3.63) is 62.4 Å². The molecule has 0 aliphatic heterocycles. The molecule has 0 saturated carbocycles. The van der Waals surface area contributed by atoms with Crippen LogP contribution in [0, 0.1) is 6.92 Å². The quantitative estimate of drug-likeness (QED) is 0.234. The molecule has 1 aromatic carbocycles. The van der Waals surface area contributed by atoms with Gasteiger partial charge in [0.05, 0.1) is 16.8 Å². The van der Waals surface area contributed by atoms with Gasteiger partial charge in [-0.3, -0.25) is 9.36 Å². The first-order chi connectivity index (χ1) is 15.2. The molecule has 0 N–H and O–H groups in total. The van der Waals surface area contributed by atoms with Crippen molar-refractivity contribution in [2.75, 3.05) is 0 Å². The van der Waals surface area contributed by atoms with E-state index in [0.29, 0.717) is 29.1 Å². The maximum Gasteiger partial charge on any atom is 0.267 e. The summed E-state index contributed by atoms with van der Waals surface area (Å²) < 4.78 is 7.44. The van der Waals surface area contributed by atoms with Gasteiger partial charge in [-0.1, -0.05) is 43.3 Å². The zero-order valence-electron chi connectivity index (χ0n) is 17.7. The summed E-state index contributed by atoms with van der Waals surface area (Å²) in [5.74, 6) is 1.65. The maximum atomic E-state index is 13.9. The molecule has 3 aromatic heterocycles. The molecule has 0 saturated heterocycles. The van der Waals surface area contributed by atoms with Crippen molar-refractivity contribution >= 4 is 33.3 Å². The number of hydrogen-bond donors (Lipinski definition) is 0. The highest BCUT2D eigenvalue weighted by molar-refractivity contribution is 7.98. The molecule has 8 heteroatoms. The predicted octanol–water partition coefficient (Wildman–Crippen LogP) is 5.26. The predicted molar refractivity (Wildman–Crippen MR) is 124 cm³/mol. The van der Waals surface area contributed by atoms with Gasteiger partial charge in [0, 0.05) is 11.3 Å². The normalized spacial score (nSPS) is 14.0. The van der Waals surface area contributed by atoms with E-state index >= 15 is 0 Å². The zero-order valence-corrected chi connectivity index (χ0v) is 19.3. The summed E-state index contributed by atoms with van der Waals surface area (Å²) in [6, 6.07) is 7.97. The van der Waals surface area contributed by atoms with Crippen molar-refractivity contribution < 1.29 is 4.42 Å². The Hall–Kier alpha value is -2.45. The Kier molecular flexibility index (Phi) is 5.67. The Morgan fingerprint density at radius 1 is 1.13 bits per heavy atom. The lowest BCUT2D eigenvalue weighted by molar-refractivity contribution is 0.469. The number of para-hydroxylation sites is 1. The van der Waals surface area contributed by atoms with E-state index in [-0.39, 0.29) is 5.56 Å². The SMILES string of the molecule is CCc1nnc(CSc2nc3sc4c(c3c(=O)n2-c2ccccc2C)CCCCC4)o1. The average molecular weight is 453 g/mol. The van der Waals surface area contributed by atoms with Gasteiger partial charge in [-0.25, -0.2) is 4.98 Å². The van der Waals surface area contributed by atoms with Crippen molar-refractivity contribution in [1.29, 1.82) is 0 Å². The molecule has 0 fully saturated rings. The highest BCUT2D eigenvalue weighted by atomic mass is 32.2. The number of fused-ring (bicyclic) bond motifs is 3. The van der Waals surface area contributed by atoms with Crippen LogP contribution < -0.4 is 5.56 Å². The minimum Gasteiger partial charge on any atom is -0.424 e. The van der Waals surface area contributed by atoms with Crippen LogP contribution in [-0.4, -0.2) is 19.7 Å². The van der Waals surface area contributed by atoms with Gasteiger partial charge in [0.1, 0.15) is 4.83 Å². The van der Waals surface area contributed by atoms with Crippen LogP contribution in [0.3, 0.4) is 0 Å². The van der Waals surface area contributed by atoms with E-state index in [1.54, 1.807) is 15.9 Å². The summed E-state index contributed by atoms with van der Waals surface area (Å²) in [7, 11) is 0. The van der Waals surface area contributed by atoms with Crippen molar-refractivity contribution in [3.63, 3.8) is 0 Å². The molecule has 31 heavy (non-hydrogen) atoms. The molecule has 1 aliphatic carbocycles. The number of thioether (sulfide) groups is 1. The third-order valence-electron chi connectivity index (χ3n) is 5.70. The second kappa shape index (κ2) is 8.59. The number of rotatable bonds is 5. The van der Waals surface area contributed by atoms with Gasteiger partial charge in [-0.15, -0.1) is 21.5 Å². The maximum absolute atomic E-state index is 13.9. The second-order valence-electron chi connectivity index (χ2n) is 7.80. The third kappa shape index (κ3) is 3.83. The van der Waals surface area contributed by atoms with Crippen molar-refractivity contribution in [3.8, 4) is 5.69 Å². The summed E-state index contributed by atoms with van der Waals surface area (Å²) in [4.78, 5) is 21.0. The van der Waals surface area contributed by atoms with Crippen LogP contribution in [0.4, 0.5) is 0 Å². The molecule has 3 heterocycles. The number of nitrogens with zero attached hydrogens (tertiary/aromatic N) is 4. The summed E-state index contributed by atoms with van der Waals surface area (Å²) in [6.45, 7) is 4.01. The fourth-order valence-electron chi connectivity index (χ4n) is 4.10. The lowest BCUT2D eigenvalue weighted by Gasteiger charge is -2.14. The van der Waals surface area contributed by atoms with Crippen molar-refractivity contribution in [1.82, 2.24) is 19.7 Å². The van der Waals surface area contributed by atoms with Crippen LogP contribution in [0.25, 0.3) is 15.9 Å². The van der Waals surface area contributed by atoms with Crippen LogP contribution in [0.5, 0.6) is 0 Å². The van der Waals surface area contributed by atoms with Gasteiger partial charge in [-0.05, 0) is 49.8 Å². The van der Waals surface area contributed by atoms with E-state index in [4.69, 9.17) is 9.40 Å². The van der Waals surface area contributed by atoms with E-state index in [1.165, 1.54) is 35.0 Å². The number of hydrogen-bond acceptors (Lipinski definition) is 7. The molecule has 0 amide bonds. The second-order valence-corrected chi connectivity index (χ2v) is 9.82. The molecule has 160 valence electrons. The molecule has 5 rings (SSSR count). The van der Waals surface area contributed by atoms with E-state index in [9.17, 15) is 4.79 Å². The Labute approximate surface area is 188 Å². The van der Waals surface area contributed by atoms with Gasteiger partial charge in [0.25, 0.3) is 5.56 Å². The molecule has 1 aliphatic rings. The van der Waals surface area contributed by atoms with Crippen LogP contribution >= 0.6 is 23.1 Å². The van der Waals surface area contributed by atoms with Crippen LogP contribution in [0.2, 0.25) is 0 Å². The van der Waals surface area contributed by atoms with Crippen molar-refractivity contribution in [2.45, 2.75) is 63.3 Å². The molecule has 0 radical (unpaired) electrons. The molecule has 0 atom stereocenters. The molecule has 0 spiro atoms. The Balaban J connectivity index is 1.66. The fourth-order valence-corrected chi connectivity index (χ4v) is 6.25. The zero-order chi connectivity index (χ0) is 21.4. The fraction of sp³-hybridized carbons (Fsp3) is 0.391. The first-order valence-corrected chi connectivity index (χ1v) is 12.5. The number of benzene rings is 1. The van der Waals surface area contributed by atoms with Crippen molar-refractivity contribution in [2.24, 2.45) is 0 Å². The van der Waals surface area contributed by atoms with Gasteiger partial charge < -0.3 is 4.42 Å². The minimum atomic E-state index is 0.0287. The Morgan fingerprint density at radius 2 is 1.94 bits per heavy atom. The van der Waals surface area contributed by atoms with E-state index in [0.717, 1.165) is 40.7 Å². The lowest BCUT2D eigenvalue weighted by atomic mass is 10.1. The molecule has 0 bridgehead atoms. The smallest absolute Gasteiger partial charge is 0.267 e. The third-order valence-corrected chi connectivity index (χ3v) is 7.81. The van der Waals surface area contributed by atoms with Crippen LogP contribution in [-0.2, 0) is 25.0 Å². The Bertz CT molecular complexity index is 1300. The number of aromatic nitrogens is 4. The van der Waals surface area contributed by atoms with E-state index < -0.39 is 0 Å². The average Bonchev–Trinajstić information content (AvgIpc) is 3.31. The van der Waals surface area contributed by atoms with Gasteiger partial charge >= 0.3 is 0 Å². The summed E-state index contributed by atoms with van der Waals surface area (Å²) >= 11 is 3.16. The van der Waals surface area contributed by atoms with Crippen LogP contribution in [0.1, 0.15) is 54.0 Å². The topological polar surface area (TPSA) is 73.8 Å². The molecular weight excluding hydrogens is 428 g/mol. The highest BCUT2D eigenvalue weighted by Gasteiger charge is 2.23. The van der Waals surface area contributed by atoms with Gasteiger partial charge in [0.2, 0.25) is 11.8 Å². The standard InChI is InChI=1S/C23H24N4O2S2/c1-3-18-25-26-19(29-18)13-30-23-24-21-20(15-10-5-4-6-12-17(15)31-21)22(28)27(23)16-11-8-7-9-14(16)2/h7-9,11H,3-6,10,12-13H2,1-2H3. The molecular formula is C23H24N4O2S2. The molecule has 4 aromatic rings. The molecule has 0 unspecified atom stereocenters. The largest absolute Gasteiger partial charge is 0.424 e. The number of aryl methyl sites for hydroxylation is 4. The van der Waals surface area contributed by atoms with Crippen LogP contribution in [0.15, 0.2) is 38.6 Å². The first kappa shape index (κ1) is 20.5. The first-order valence-electron chi connectivity index (χ1n) is 10.7. The van der Waals surface area contributed by atoms with E-state index in [2.05, 4.69) is 10.2 Å². The Morgan fingerprint density at radius 3 is 2.74 bits per heavy atom. The monoisotopic (exact) mass is 452 g/mol. The van der Waals surface area contributed by atoms with Gasteiger partial charge in [0.15, 0.2) is 5.16 Å². The summed E-state index contributed by atoms with van der Waals surface area (Å²) in [6.07, 6.45) is 6.26.